The van der Waals surface area contributed by atoms with Crippen LogP contribution in [0.15, 0.2) is 48.8 Å². The van der Waals surface area contributed by atoms with Crippen LogP contribution in [0.4, 0.5) is 10.5 Å². The second-order valence-electron chi connectivity index (χ2n) is 9.18. The summed E-state index contributed by atoms with van der Waals surface area (Å²) in [6.45, 7) is 8.16. The number of fused-ring (bicyclic) bond motifs is 3. The zero-order chi connectivity index (χ0) is 23.3. The highest BCUT2D eigenvalue weighted by Crippen LogP contribution is 2.35. The van der Waals surface area contributed by atoms with E-state index in [1.807, 2.05) is 38.2 Å². The minimum atomic E-state index is -0.236. The number of benzene rings is 2. The Kier molecular flexibility index (Phi) is 5.34. The highest BCUT2D eigenvalue weighted by Gasteiger charge is 2.48. The van der Waals surface area contributed by atoms with Crippen molar-refractivity contribution in [2.24, 2.45) is 0 Å². The lowest BCUT2D eigenvalue weighted by molar-refractivity contribution is -0.117. The van der Waals surface area contributed by atoms with Crippen molar-refractivity contribution in [2.45, 2.75) is 52.4 Å². The second-order valence-corrected chi connectivity index (χ2v) is 9.18. The van der Waals surface area contributed by atoms with Gasteiger partial charge in [0.1, 0.15) is 12.7 Å². The number of rotatable bonds is 4. The molecule has 0 aliphatic carbocycles. The largest absolute Gasteiger partial charge is 0.340 e. The fraction of sp³-hybridized carbons (Fsp3) is 0.360. The lowest BCUT2D eigenvalue weighted by Crippen LogP contribution is -2.54. The van der Waals surface area contributed by atoms with Crippen LogP contribution in [0.1, 0.15) is 40.3 Å². The summed E-state index contributed by atoms with van der Waals surface area (Å²) in [6, 6.07) is 12.3. The molecule has 0 bridgehead atoms. The van der Waals surface area contributed by atoms with Gasteiger partial charge in [0.15, 0.2) is 0 Å². The highest BCUT2D eigenvalue weighted by molar-refractivity contribution is 5.95. The van der Waals surface area contributed by atoms with Crippen LogP contribution in [-0.4, -0.2) is 45.6 Å². The number of nitrogens with one attached hydrogen (secondary N) is 3. The molecule has 3 aliphatic heterocycles. The average Bonchev–Trinajstić information content (AvgIpc) is 3.35. The van der Waals surface area contributed by atoms with E-state index in [-0.39, 0.29) is 36.7 Å². The van der Waals surface area contributed by atoms with Gasteiger partial charge in [0.05, 0.1) is 12.1 Å². The SMILES string of the molecule is Cc1ccc(C2CC3C4NN(CC(=O)Nc5cccc(C)c5C)C(=O)N4C=CN3N2)cc1C. The molecule has 3 aliphatic rings. The highest BCUT2D eigenvalue weighted by atomic mass is 16.2. The van der Waals surface area contributed by atoms with Gasteiger partial charge in [-0.1, -0.05) is 30.3 Å². The van der Waals surface area contributed by atoms with Gasteiger partial charge in [-0.05, 0) is 68.0 Å². The molecule has 0 saturated carbocycles. The molecular weight excluding hydrogens is 416 g/mol. The van der Waals surface area contributed by atoms with Crippen LogP contribution in [0, 0.1) is 27.7 Å². The van der Waals surface area contributed by atoms with E-state index in [1.54, 1.807) is 11.1 Å². The zero-order valence-corrected chi connectivity index (χ0v) is 19.4. The number of carbonyl (C=O) groups is 2. The van der Waals surface area contributed by atoms with Crippen molar-refractivity contribution >= 4 is 17.6 Å². The molecule has 172 valence electrons. The number of hydrogen-bond donors (Lipinski definition) is 3. The Bertz CT molecular complexity index is 1150. The number of hydrazine groups is 2. The van der Waals surface area contributed by atoms with Gasteiger partial charge in [-0.25, -0.2) is 20.7 Å². The Hall–Kier alpha value is -3.36. The Labute approximate surface area is 194 Å². The Morgan fingerprint density at radius 3 is 2.64 bits per heavy atom. The Morgan fingerprint density at radius 1 is 1.03 bits per heavy atom. The van der Waals surface area contributed by atoms with Crippen molar-refractivity contribution in [3.05, 3.63) is 76.6 Å². The standard InChI is InChI=1S/C25H30N6O2/c1-15-8-9-19(12-17(15)3)21-13-22-24-28-31(25(33)29(24)10-11-30(22)27-21)14-23(32)26-20-7-5-6-16(2)18(20)4/h5-12,21-22,24,27-28H,13-14H2,1-4H3,(H,26,32). The summed E-state index contributed by atoms with van der Waals surface area (Å²) in [6.07, 6.45) is 4.28. The third-order valence-electron chi connectivity index (χ3n) is 7.05. The molecule has 3 heterocycles. The topological polar surface area (TPSA) is 80.0 Å². The maximum Gasteiger partial charge on any atom is 0.340 e. The maximum atomic E-state index is 13.0. The molecule has 8 nitrogen and oxygen atoms in total. The Morgan fingerprint density at radius 2 is 1.85 bits per heavy atom. The van der Waals surface area contributed by atoms with Gasteiger partial charge in [0, 0.05) is 18.1 Å². The zero-order valence-electron chi connectivity index (χ0n) is 19.4. The number of hydrogen-bond acceptors (Lipinski definition) is 5. The molecule has 8 heteroatoms. The molecule has 0 radical (unpaired) electrons. The van der Waals surface area contributed by atoms with Gasteiger partial charge in [-0.15, -0.1) is 0 Å². The van der Waals surface area contributed by atoms with Gasteiger partial charge in [-0.3, -0.25) is 9.69 Å². The van der Waals surface area contributed by atoms with Crippen molar-refractivity contribution in [2.75, 3.05) is 11.9 Å². The monoisotopic (exact) mass is 446 g/mol. The molecule has 5 rings (SSSR count). The first-order chi connectivity index (χ1) is 15.8. The fourth-order valence-electron chi connectivity index (χ4n) is 4.75. The van der Waals surface area contributed by atoms with Crippen molar-refractivity contribution in [3.8, 4) is 0 Å². The van der Waals surface area contributed by atoms with E-state index >= 15 is 0 Å². The molecule has 2 saturated heterocycles. The van der Waals surface area contributed by atoms with E-state index < -0.39 is 0 Å². The number of aryl methyl sites for hydroxylation is 3. The van der Waals surface area contributed by atoms with E-state index in [2.05, 4.69) is 53.2 Å². The lowest BCUT2D eigenvalue weighted by Gasteiger charge is -2.34. The summed E-state index contributed by atoms with van der Waals surface area (Å²) in [5.74, 6) is -0.234. The van der Waals surface area contributed by atoms with Crippen molar-refractivity contribution in [1.82, 2.24) is 25.8 Å². The minimum absolute atomic E-state index is 0.0534. The van der Waals surface area contributed by atoms with E-state index in [1.165, 1.54) is 21.7 Å². The molecule has 3 unspecified atom stereocenters. The average molecular weight is 447 g/mol. The van der Waals surface area contributed by atoms with Crippen LogP contribution in [0.2, 0.25) is 0 Å². The van der Waals surface area contributed by atoms with Crippen LogP contribution in [0.5, 0.6) is 0 Å². The minimum Gasteiger partial charge on any atom is -0.324 e. The third kappa shape index (κ3) is 3.85. The molecule has 3 amide bonds. The smallest absolute Gasteiger partial charge is 0.324 e. The summed E-state index contributed by atoms with van der Waals surface area (Å²) in [4.78, 5) is 27.4. The molecule has 33 heavy (non-hydrogen) atoms. The summed E-state index contributed by atoms with van der Waals surface area (Å²) in [7, 11) is 0. The summed E-state index contributed by atoms with van der Waals surface area (Å²) in [5, 5.41) is 6.41. The third-order valence-corrected chi connectivity index (χ3v) is 7.05. The summed E-state index contributed by atoms with van der Waals surface area (Å²) < 4.78 is 0. The predicted octanol–water partition coefficient (Wildman–Crippen LogP) is 3.23. The van der Waals surface area contributed by atoms with Gasteiger partial charge < -0.3 is 10.3 Å². The van der Waals surface area contributed by atoms with Crippen LogP contribution < -0.4 is 16.2 Å². The molecule has 2 aromatic carbocycles. The van der Waals surface area contributed by atoms with Crippen LogP contribution in [0.3, 0.4) is 0 Å². The van der Waals surface area contributed by atoms with Gasteiger partial charge in [-0.2, -0.15) is 0 Å². The first kappa shape index (κ1) is 21.5. The number of amides is 3. The van der Waals surface area contributed by atoms with Crippen molar-refractivity contribution < 1.29 is 9.59 Å². The fourth-order valence-corrected chi connectivity index (χ4v) is 4.75. The van der Waals surface area contributed by atoms with E-state index in [9.17, 15) is 9.59 Å². The molecule has 2 fully saturated rings. The summed E-state index contributed by atoms with van der Waals surface area (Å²) >= 11 is 0. The Balaban J connectivity index is 1.27. The first-order valence-corrected chi connectivity index (χ1v) is 11.3. The number of anilines is 1. The van der Waals surface area contributed by atoms with E-state index in [4.69, 9.17) is 0 Å². The molecule has 0 spiro atoms. The molecule has 3 N–H and O–H groups in total. The second kappa shape index (κ2) is 8.20. The van der Waals surface area contributed by atoms with Crippen LogP contribution in [-0.2, 0) is 4.79 Å². The molecule has 2 aromatic rings. The number of carbonyl (C=O) groups excluding carboxylic acids is 2. The van der Waals surface area contributed by atoms with E-state index in [0.29, 0.717) is 0 Å². The number of nitrogens with zero attached hydrogens (tertiary/aromatic N) is 3. The van der Waals surface area contributed by atoms with Crippen LogP contribution in [0.25, 0.3) is 0 Å². The molecule has 3 atom stereocenters. The molecular formula is C25H30N6O2. The van der Waals surface area contributed by atoms with Crippen LogP contribution >= 0.6 is 0 Å². The van der Waals surface area contributed by atoms with Crippen molar-refractivity contribution in [3.63, 3.8) is 0 Å². The van der Waals surface area contributed by atoms with Gasteiger partial charge >= 0.3 is 6.03 Å². The predicted molar refractivity (Wildman–Crippen MR) is 127 cm³/mol. The number of urea groups is 1. The first-order valence-electron chi connectivity index (χ1n) is 11.3. The quantitative estimate of drug-likeness (QED) is 0.672. The van der Waals surface area contributed by atoms with Gasteiger partial charge in [0.2, 0.25) is 5.91 Å². The normalized spacial score (nSPS) is 23.7. The van der Waals surface area contributed by atoms with Crippen molar-refractivity contribution in [1.29, 1.82) is 0 Å². The van der Waals surface area contributed by atoms with Gasteiger partial charge in [0.25, 0.3) is 0 Å². The van der Waals surface area contributed by atoms with E-state index in [0.717, 1.165) is 23.2 Å². The maximum absolute atomic E-state index is 13.0. The summed E-state index contributed by atoms with van der Waals surface area (Å²) in [5.41, 5.74) is 13.5. The molecule has 0 aromatic heterocycles. The lowest BCUT2D eigenvalue weighted by atomic mass is 9.97.